The van der Waals surface area contributed by atoms with E-state index in [1.807, 2.05) is 0 Å². The summed E-state index contributed by atoms with van der Waals surface area (Å²) in [4.78, 5) is 10.7. The van der Waals surface area contributed by atoms with Gasteiger partial charge < -0.3 is 5.11 Å². The standard InChI is InChI=1S/C12H23O3P/c1-11(2,3)9(6-7-10(13)14)12(4,5)8-16-15/h9H,6-8H2,1-5H3,(H,13,14)/t9-/m1/s1. The predicted molar refractivity (Wildman–Crippen MR) is 66.1 cm³/mol. The molecule has 0 unspecified atom stereocenters. The van der Waals surface area contributed by atoms with Crippen molar-refractivity contribution >= 4 is 14.4 Å². The van der Waals surface area contributed by atoms with Crippen LogP contribution in [0.2, 0.25) is 0 Å². The molecule has 0 amide bonds. The topological polar surface area (TPSA) is 54.4 Å². The molecule has 0 heterocycles. The van der Waals surface area contributed by atoms with Crippen LogP contribution in [0, 0.1) is 16.7 Å². The quantitative estimate of drug-likeness (QED) is 0.724. The van der Waals surface area contributed by atoms with Gasteiger partial charge in [0.2, 0.25) is 0 Å². The van der Waals surface area contributed by atoms with E-state index in [0.717, 1.165) is 0 Å². The van der Waals surface area contributed by atoms with Gasteiger partial charge in [-0.25, -0.2) is 0 Å². The van der Waals surface area contributed by atoms with Gasteiger partial charge in [-0.2, -0.15) is 0 Å². The van der Waals surface area contributed by atoms with Crippen LogP contribution in [0.25, 0.3) is 0 Å². The molecule has 4 heteroatoms. The molecule has 0 spiro atoms. The average molecular weight is 246 g/mol. The van der Waals surface area contributed by atoms with E-state index in [2.05, 4.69) is 34.6 Å². The molecule has 0 aromatic carbocycles. The molecule has 0 aliphatic heterocycles. The Hall–Kier alpha value is -0.430. The van der Waals surface area contributed by atoms with E-state index in [4.69, 9.17) is 5.11 Å². The first-order valence-electron chi connectivity index (χ1n) is 5.62. The number of carboxylic acids is 1. The van der Waals surface area contributed by atoms with Crippen molar-refractivity contribution in [1.29, 1.82) is 0 Å². The molecule has 94 valence electrons. The number of aliphatic carboxylic acids is 1. The first-order chi connectivity index (χ1) is 7.11. The molecule has 0 radical (unpaired) electrons. The highest BCUT2D eigenvalue weighted by Crippen LogP contribution is 2.44. The molecule has 1 N–H and O–H groups in total. The van der Waals surface area contributed by atoms with Crippen LogP contribution in [0.4, 0.5) is 0 Å². The maximum atomic E-state index is 10.8. The fraction of sp³-hybridized carbons (Fsp3) is 0.917. The molecule has 0 aliphatic carbocycles. The number of rotatable bonds is 6. The zero-order chi connectivity index (χ0) is 13.0. The Bertz CT molecular complexity index is 253. The Morgan fingerprint density at radius 1 is 1.25 bits per heavy atom. The fourth-order valence-electron chi connectivity index (χ4n) is 2.54. The summed E-state index contributed by atoms with van der Waals surface area (Å²) in [7, 11) is 0.136. The van der Waals surface area contributed by atoms with Crippen LogP contribution in [-0.4, -0.2) is 17.2 Å². The van der Waals surface area contributed by atoms with Gasteiger partial charge in [0.25, 0.3) is 0 Å². The second-order valence-electron chi connectivity index (χ2n) is 6.13. The lowest BCUT2D eigenvalue weighted by molar-refractivity contribution is -0.137. The molecule has 0 saturated heterocycles. The Balaban J connectivity index is 4.79. The first kappa shape index (κ1) is 15.6. The van der Waals surface area contributed by atoms with Crippen LogP contribution in [-0.2, 0) is 9.36 Å². The maximum absolute atomic E-state index is 10.8. The lowest BCUT2D eigenvalue weighted by Gasteiger charge is -2.42. The third-order valence-electron chi connectivity index (χ3n) is 3.11. The van der Waals surface area contributed by atoms with Gasteiger partial charge in [0, 0.05) is 12.6 Å². The number of hydrogen-bond acceptors (Lipinski definition) is 2. The summed E-state index contributed by atoms with van der Waals surface area (Å²) in [5, 5.41) is 8.76. The molecular formula is C12H23O3P. The van der Waals surface area contributed by atoms with Crippen molar-refractivity contribution in [2.75, 3.05) is 6.16 Å². The summed E-state index contributed by atoms with van der Waals surface area (Å²) in [6.45, 7) is 10.5. The average Bonchev–Trinajstić information content (AvgIpc) is 1.99. The van der Waals surface area contributed by atoms with Crippen LogP contribution < -0.4 is 0 Å². The molecule has 0 rings (SSSR count). The second-order valence-corrected chi connectivity index (χ2v) is 6.70. The van der Waals surface area contributed by atoms with Crippen LogP contribution >= 0.6 is 8.46 Å². The Morgan fingerprint density at radius 2 is 1.75 bits per heavy atom. The van der Waals surface area contributed by atoms with Crippen LogP contribution in [0.5, 0.6) is 0 Å². The number of carbonyl (C=O) groups is 1. The summed E-state index contributed by atoms with van der Waals surface area (Å²) in [5.41, 5.74) is -0.0688. The molecule has 0 aromatic heterocycles. The molecule has 0 aliphatic rings. The fourth-order valence-corrected chi connectivity index (χ4v) is 3.09. The zero-order valence-corrected chi connectivity index (χ0v) is 11.8. The largest absolute Gasteiger partial charge is 0.481 e. The van der Waals surface area contributed by atoms with E-state index in [1.54, 1.807) is 0 Å². The molecule has 1 atom stereocenters. The molecule has 3 nitrogen and oxygen atoms in total. The predicted octanol–water partition coefficient (Wildman–Crippen LogP) is 3.83. The molecule has 0 bridgehead atoms. The molecule has 0 aromatic rings. The smallest absolute Gasteiger partial charge is 0.303 e. The van der Waals surface area contributed by atoms with Crippen molar-refractivity contribution in [3.05, 3.63) is 0 Å². The van der Waals surface area contributed by atoms with Crippen LogP contribution in [0.15, 0.2) is 0 Å². The van der Waals surface area contributed by atoms with Crippen LogP contribution in [0.3, 0.4) is 0 Å². The monoisotopic (exact) mass is 246 g/mol. The van der Waals surface area contributed by atoms with Gasteiger partial charge in [-0.1, -0.05) is 34.6 Å². The van der Waals surface area contributed by atoms with E-state index in [1.165, 1.54) is 0 Å². The SMILES string of the molecule is CC(C)(C)[C@@H](CCC(=O)O)C(C)(C)CP=O. The summed E-state index contributed by atoms with van der Waals surface area (Å²) < 4.78 is 10.8. The highest BCUT2D eigenvalue weighted by Gasteiger charge is 2.37. The van der Waals surface area contributed by atoms with E-state index < -0.39 is 5.97 Å². The second kappa shape index (κ2) is 5.77. The lowest BCUT2D eigenvalue weighted by Crippen LogP contribution is -2.36. The Labute approximate surface area is 99.8 Å². The molecule has 0 saturated carbocycles. The highest BCUT2D eigenvalue weighted by molar-refractivity contribution is 7.23. The normalized spacial score (nSPS) is 15.1. The summed E-state index contributed by atoms with van der Waals surface area (Å²) in [6.07, 6.45) is 1.40. The molecule has 0 fully saturated rings. The summed E-state index contributed by atoms with van der Waals surface area (Å²) in [5.74, 6) is -0.512. The van der Waals surface area contributed by atoms with Gasteiger partial charge in [-0.3, -0.25) is 9.36 Å². The van der Waals surface area contributed by atoms with Crippen molar-refractivity contribution in [3.63, 3.8) is 0 Å². The van der Waals surface area contributed by atoms with Gasteiger partial charge in [0.1, 0.15) is 0 Å². The van der Waals surface area contributed by atoms with Crippen molar-refractivity contribution in [2.45, 2.75) is 47.5 Å². The van der Waals surface area contributed by atoms with E-state index >= 15 is 0 Å². The summed E-state index contributed by atoms with van der Waals surface area (Å²) in [6, 6.07) is 0. The summed E-state index contributed by atoms with van der Waals surface area (Å²) >= 11 is 0. The maximum Gasteiger partial charge on any atom is 0.303 e. The van der Waals surface area contributed by atoms with E-state index in [0.29, 0.717) is 12.6 Å². The minimum Gasteiger partial charge on any atom is -0.481 e. The first-order valence-corrected chi connectivity index (χ1v) is 6.62. The number of hydrogen-bond donors (Lipinski definition) is 1. The van der Waals surface area contributed by atoms with Gasteiger partial charge >= 0.3 is 5.97 Å². The van der Waals surface area contributed by atoms with Crippen molar-refractivity contribution in [1.82, 2.24) is 0 Å². The van der Waals surface area contributed by atoms with Crippen molar-refractivity contribution in [2.24, 2.45) is 16.7 Å². The third-order valence-corrected chi connectivity index (χ3v) is 4.05. The van der Waals surface area contributed by atoms with Gasteiger partial charge in [0.15, 0.2) is 8.46 Å². The third kappa shape index (κ3) is 5.07. The Kier molecular flexibility index (Phi) is 5.61. The molecule has 16 heavy (non-hydrogen) atoms. The van der Waals surface area contributed by atoms with E-state index in [9.17, 15) is 9.36 Å². The van der Waals surface area contributed by atoms with Crippen molar-refractivity contribution in [3.8, 4) is 0 Å². The van der Waals surface area contributed by atoms with Crippen LogP contribution in [0.1, 0.15) is 47.5 Å². The zero-order valence-electron chi connectivity index (χ0n) is 10.9. The Morgan fingerprint density at radius 3 is 2.06 bits per heavy atom. The minimum atomic E-state index is -0.760. The lowest BCUT2D eigenvalue weighted by atomic mass is 9.65. The minimum absolute atomic E-state index is 0.0314. The van der Waals surface area contributed by atoms with Gasteiger partial charge in [-0.05, 0) is 23.2 Å². The van der Waals surface area contributed by atoms with Gasteiger partial charge in [0.05, 0.1) is 0 Å². The van der Waals surface area contributed by atoms with Crippen molar-refractivity contribution < 1.29 is 14.5 Å². The van der Waals surface area contributed by atoms with Gasteiger partial charge in [-0.15, -0.1) is 0 Å². The number of carboxylic acid groups (broad SMARTS) is 1. The van der Waals surface area contributed by atoms with E-state index in [-0.39, 0.29) is 31.6 Å². The molecular weight excluding hydrogens is 223 g/mol. The highest BCUT2D eigenvalue weighted by atomic mass is 31.1.